The summed E-state index contributed by atoms with van der Waals surface area (Å²) in [6.45, 7) is 4.15. The lowest BCUT2D eigenvalue weighted by Gasteiger charge is -2.35. The van der Waals surface area contributed by atoms with E-state index in [0.29, 0.717) is 0 Å². The van der Waals surface area contributed by atoms with E-state index in [1.54, 1.807) is 0 Å². The Bertz CT molecular complexity index is 146. The zero-order chi connectivity index (χ0) is 8.44. The molecule has 1 aliphatic heterocycles. The molecule has 2 nitrogen and oxygen atoms in total. The SMILES string of the molecule is CC1(C2CCCCC2)NCCO1. The average Bonchev–Trinajstić information content (AvgIpc) is 2.55. The van der Waals surface area contributed by atoms with Gasteiger partial charge in [-0.3, -0.25) is 5.32 Å². The molecule has 1 atom stereocenters. The Balaban J connectivity index is 1.96. The average molecular weight is 169 g/mol. The smallest absolute Gasteiger partial charge is 0.119 e. The van der Waals surface area contributed by atoms with Gasteiger partial charge in [0.05, 0.1) is 6.61 Å². The van der Waals surface area contributed by atoms with Crippen molar-refractivity contribution < 1.29 is 4.74 Å². The minimum atomic E-state index is 0.0143. The van der Waals surface area contributed by atoms with E-state index in [9.17, 15) is 0 Å². The highest BCUT2D eigenvalue weighted by Gasteiger charge is 2.38. The number of ether oxygens (including phenoxy) is 1. The molecule has 70 valence electrons. The molecule has 0 aromatic rings. The molecule has 1 saturated heterocycles. The first-order valence-corrected chi connectivity index (χ1v) is 5.20. The topological polar surface area (TPSA) is 21.3 Å². The molecule has 1 aliphatic carbocycles. The summed E-state index contributed by atoms with van der Waals surface area (Å²) in [6, 6.07) is 0. The molecular formula is C10H19NO. The van der Waals surface area contributed by atoms with Crippen LogP contribution in [0.5, 0.6) is 0 Å². The fourth-order valence-corrected chi connectivity index (χ4v) is 2.53. The molecular weight excluding hydrogens is 150 g/mol. The molecule has 2 rings (SSSR count). The summed E-state index contributed by atoms with van der Waals surface area (Å²) < 4.78 is 5.77. The molecule has 0 spiro atoms. The highest BCUT2D eigenvalue weighted by atomic mass is 16.5. The van der Waals surface area contributed by atoms with Gasteiger partial charge >= 0.3 is 0 Å². The second-order valence-electron chi connectivity index (χ2n) is 4.22. The van der Waals surface area contributed by atoms with E-state index in [4.69, 9.17) is 4.74 Å². The standard InChI is InChI=1S/C10H19NO/c1-10(11-7-8-12-10)9-5-3-2-4-6-9/h9,11H,2-8H2,1H3. The molecule has 1 heterocycles. The summed E-state index contributed by atoms with van der Waals surface area (Å²) >= 11 is 0. The number of hydrogen-bond acceptors (Lipinski definition) is 2. The van der Waals surface area contributed by atoms with Gasteiger partial charge in [-0.25, -0.2) is 0 Å². The zero-order valence-corrected chi connectivity index (χ0v) is 7.94. The van der Waals surface area contributed by atoms with Gasteiger partial charge in [0, 0.05) is 12.5 Å². The van der Waals surface area contributed by atoms with Crippen LogP contribution in [0.3, 0.4) is 0 Å². The first kappa shape index (κ1) is 8.52. The Labute approximate surface area is 74.7 Å². The van der Waals surface area contributed by atoms with Crippen LogP contribution in [-0.4, -0.2) is 18.9 Å². The first-order valence-electron chi connectivity index (χ1n) is 5.20. The van der Waals surface area contributed by atoms with Crippen molar-refractivity contribution in [2.75, 3.05) is 13.2 Å². The van der Waals surface area contributed by atoms with Crippen LogP contribution in [0, 0.1) is 5.92 Å². The lowest BCUT2D eigenvalue weighted by atomic mass is 9.82. The van der Waals surface area contributed by atoms with Crippen LogP contribution in [0.25, 0.3) is 0 Å². The van der Waals surface area contributed by atoms with Crippen LogP contribution in [0.1, 0.15) is 39.0 Å². The molecule has 0 radical (unpaired) electrons. The Morgan fingerprint density at radius 1 is 1.25 bits per heavy atom. The van der Waals surface area contributed by atoms with E-state index in [2.05, 4.69) is 12.2 Å². The third kappa shape index (κ3) is 1.50. The monoisotopic (exact) mass is 169 g/mol. The van der Waals surface area contributed by atoms with Gasteiger partial charge < -0.3 is 4.74 Å². The van der Waals surface area contributed by atoms with Crippen molar-refractivity contribution in [3.63, 3.8) is 0 Å². The Morgan fingerprint density at radius 3 is 2.58 bits per heavy atom. The van der Waals surface area contributed by atoms with Crippen molar-refractivity contribution in [1.82, 2.24) is 5.32 Å². The lowest BCUT2D eigenvalue weighted by molar-refractivity contribution is -0.0545. The van der Waals surface area contributed by atoms with Gasteiger partial charge in [0.1, 0.15) is 5.72 Å². The Morgan fingerprint density at radius 2 is 2.00 bits per heavy atom. The third-order valence-corrected chi connectivity index (χ3v) is 3.36. The Hall–Kier alpha value is -0.0800. The van der Waals surface area contributed by atoms with Crippen molar-refractivity contribution >= 4 is 0 Å². The molecule has 12 heavy (non-hydrogen) atoms. The molecule has 2 heteroatoms. The summed E-state index contributed by atoms with van der Waals surface area (Å²) in [7, 11) is 0. The van der Waals surface area contributed by atoms with Gasteiger partial charge in [0.15, 0.2) is 0 Å². The third-order valence-electron chi connectivity index (χ3n) is 3.36. The molecule has 0 aromatic heterocycles. The predicted octanol–water partition coefficient (Wildman–Crippen LogP) is 1.90. The fraction of sp³-hybridized carbons (Fsp3) is 1.00. The quantitative estimate of drug-likeness (QED) is 0.647. The fourth-order valence-electron chi connectivity index (χ4n) is 2.53. The van der Waals surface area contributed by atoms with Crippen LogP contribution in [0.2, 0.25) is 0 Å². The van der Waals surface area contributed by atoms with Crippen LogP contribution < -0.4 is 5.32 Å². The van der Waals surface area contributed by atoms with Crippen molar-refractivity contribution in [3.05, 3.63) is 0 Å². The molecule has 2 fully saturated rings. The molecule has 0 bridgehead atoms. The zero-order valence-electron chi connectivity index (χ0n) is 7.94. The number of hydrogen-bond donors (Lipinski definition) is 1. The van der Waals surface area contributed by atoms with E-state index >= 15 is 0 Å². The van der Waals surface area contributed by atoms with Crippen LogP contribution in [0.15, 0.2) is 0 Å². The predicted molar refractivity (Wildman–Crippen MR) is 48.9 cm³/mol. The van der Waals surface area contributed by atoms with E-state index < -0.39 is 0 Å². The van der Waals surface area contributed by atoms with Gasteiger partial charge in [-0.2, -0.15) is 0 Å². The van der Waals surface area contributed by atoms with Crippen LogP contribution in [-0.2, 0) is 4.74 Å². The maximum absolute atomic E-state index is 5.77. The van der Waals surface area contributed by atoms with Gasteiger partial charge in [-0.15, -0.1) is 0 Å². The van der Waals surface area contributed by atoms with Crippen LogP contribution in [0.4, 0.5) is 0 Å². The molecule has 0 aromatic carbocycles. The summed E-state index contributed by atoms with van der Waals surface area (Å²) in [4.78, 5) is 0. The highest BCUT2D eigenvalue weighted by molar-refractivity contribution is 4.87. The molecule has 1 N–H and O–H groups in total. The van der Waals surface area contributed by atoms with Crippen molar-refractivity contribution in [2.45, 2.75) is 44.8 Å². The van der Waals surface area contributed by atoms with Gasteiger partial charge in [-0.1, -0.05) is 19.3 Å². The normalized spacial score (nSPS) is 38.8. The van der Waals surface area contributed by atoms with E-state index in [-0.39, 0.29) is 5.72 Å². The maximum atomic E-state index is 5.77. The first-order chi connectivity index (χ1) is 5.81. The molecule has 0 amide bonds. The summed E-state index contributed by atoms with van der Waals surface area (Å²) in [6.07, 6.45) is 6.91. The summed E-state index contributed by atoms with van der Waals surface area (Å²) in [5.74, 6) is 0.758. The van der Waals surface area contributed by atoms with Crippen LogP contribution >= 0.6 is 0 Å². The molecule has 1 saturated carbocycles. The minimum Gasteiger partial charge on any atom is -0.359 e. The van der Waals surface area contributed by atoms with Gasteiger partial charge in [0.25, 0.3) is 0 Å². The highest BCUT2D eigenvalue weighted by Crippen LogP contribution is 2.34. The van der Waals surface area contributed by atoms with E-state index in [0.717, 1.165) is 19.1 Å². The number of nitrogens with one attached hydrogen (secondary N) is 1. The molecule has 2 aliphatic rings. The van der Waals surface area contributed by atoms with Crippen molar-refractivity contribution in [3.8, 4) is 0 Å². The van der Waals surface area contributed by atoms with Gasteiger partial charge in [0.2, 0.25) is 0 Å². The second kappa shape index (κ2) is 3.35. The largest absolute Gasteiger partial charge is 0.359 e. The lowest BCUT2D eigenvalue weighted by Crippen LogP contribution is -2.45. The summed E-state index contributed by atoms with van der Waals surface area (Å²) in [5.41, 5.74) is 0.0143. The van der Waals surface area contributed by atoms with Crippen molar-refractivity contribution in [2.24, 2.45) is 5.92 Å². The maximum Gasteiger partial charge on any atom is 0.119 e. The van der Waals surface area contributed by atoms with Crippen molar-refractivity contribution in [1.29, 1.82) is 0 Å². The second-order valence-corrected chi connectivity index (χ2v) is 4.22. The van der Waals surface area contributed by atoms with E-state index in [1.165, 1.54) is 32.1 Å². The number of rotatable bonds is 1. The Kier molecular flexibility index (Phi) is 2.37. The van der Waals surface area contributed by atoms with E-state index in [1.807, 2.05) is 0 Å². The van der Waals surface area contributed by atoms with Gasteiger partial charge in [-0.05, 0) is 19.8 Å². The molecule has 1 unspecified atom stereocenters. The minimum absolute atomic E-state index is 0.0143. The summed E-state index contributed by atoms with van der Waals surface area (Å²) in [5, 5.41) is 3.48.